The number of benzene rings is 9. The second-order valence-corrected chi connectivity index (χ2v) is 16.1. The van der Waals surface area contributed by atoms with Gasteiger partial charge in [-0.2, -0.15) is 0 Å². The van der Waals surface area contributed by atoms with Crippen LogP contribution < -0.4 is 9.80 Å². The Morgan fingerprint density at radius 1 is 0.350 bits per heavy atom. The maximum absolute atomic E-state index is 2.44. The third kappa shape index (κ3) is 6.44. The van der Waals surface area contributed by atoms with E-state index in [0.717, 1.165) is 39.8 Å². The van der Waals surface area contributed by atoms with Crippen molar-refractivity contribution in [3.8, 4) is 39.1 Å². The van der Waals surface area contributed by atoms with E-state index in [0.29, 0.717) is 0 Å². The maximum atomic E-state index is 2.44. The second kappa shape index (κ2) is 15.3. The molecule has 10 aromatic rings. The van der Waals surface area contributed by atoms with Crippen molar-refractivity contribution in [2.75, 3.05) is 9.80 Å². The largest absolute Gasteiger partial charge is 0.311 e. The first-order chi connectivity index (χ1) is 29.8. The van der Waals surface area contributed by atoms with Crippen LogP contribution >= 0.6 is 11.8 Å². The topological polar surface area (TPSA) is 11.4 Å². The summed E-state index contributed by atoms with van der Waals surface area (Å²) < 4.78 is 2.44. The summed E-state index contributed by atoms with van der Waals surface area (Å²) in [6, 6.07) is 85.1. The highest BCUT2D eigenvalue weighted by atomic mass is 32.2. The van der Waals surface area contributed by atoms with Gasteiger partial charge in [-0.3, -0.25) is 9.47 Å². The number of anilines is 6. The Morgan fingerprint density at radius 3 is 1.30 bits per heavy atom. The lowest BCUT2D eigenvalue weighted by Gasteiger charge is -2.32. The summed E-state index contributed by atoms with van der Waals surface area (Å²) in [5, 5.41) is 1.23. The Labute approximate surface area is 355 Å². The van der Waals surface area contributed by atoms with Crippen molar-refractivity contribution >= 4 is 56.9 Å². The molecule has 284 valence electrons. The van der Waals surface area contributed by atoms with Gasteiger partial charge in [-0.1, -0.05) is 169 Å². The summed E-state index contributed by atoms with van der Waals surface area (Å²) >= 11 is 1.86. The molecule has 0 unspecified atom stereocenters. The maximum Gasteiger partial charge on any atom is 0.137 e. The van der Waals surface area contributed by atoms with Gasteiger partial charge in [0.2, 0.25) is 0 Å². The summed E-state index contributed by atoms with van der Waals surface area (Å²) in [7, 11) is 0. The number of fused-ring (bicyclic) bond motifs is 4. The highest BCUT2D eigenvalue weighted by Crippen LogP contribution is 2.56. The SMILES string of the molecule is c1ccc(-c2ccc(N(c3ccc(-c4ccccc4)cc3)c3ccc(-c4ccc5c6c(n(-c7ccccc7)c5c4)N(c4ccccc4)c4ccccc4S6)cc3)cc2)cc1. The van der Waals surface area contributed by atoms with E-state index in [9.17, 15) is 0 Å². The molecule has 0 atom stereocenters. The molecule has 0 aliphatic carbocycles. The zero-order chi connectivity index (χ0) is 39.8. The Balaban J connectivity index is 1.01. The van der Waals surface area contributed by atoms with E-state index < -0.39 is 0 Å². The number of aromatic nitrogens is 1. The van der Waals surface area contributed by atoms with Gasteiger partial charge in [-0.25, -0.2) is 0 Å². The first-order valence-corrected chi connectivity index (χ1v) is 21.2. The molecular formula is C56H39N3S. The lowest BCUT2D eigenvalue weighted by atomic mass is 10.0. The fraction of sp³-hybridized carbons (Fsp3) is 0. The van der Waals surface area contributed by atoms with Gasteiger partial charge in [0, 0.05) is 38.7 Å². The summed E-state index contributed by atoms with van der Waals surface area (Å²) in [4.78, 5) is 7.27. The van der Waals surface area contributed by atoms with Crippen molar-refractivity contribution in [3.63, 3.8) is 0 Å². The third-order valence-corrected chi connectivity index (χ3v) is 12.6. The molecule has 1 aliphatic rings. The van der Waals surface area contributed by atoms with Gasteiger partial charge < -0.3 is 4.90 Å². The highest BCUT2D eigenvalue weighted by Gasteiger charge is 2.32. The lowest BCUT2D eigenvalue weighted by Crippen LogP contribution is -2.17. The molecule has 60 heavy (non-hydrogen) atoms. The van der Waals surface area contributed by atoms with Crippen LogP contribution in [0.3, 0.4) is 0 Å². The van der Waals surface area contributed by atoms with Crippen LogP contribution in [0.4, 0.5) is 34.3 Å². The van der Waals surface area contributed by atoms with Gasteiger partial charge >= 0.3 is 0 Å². The van der Waals surface area contributed by atoms with Gasteiger partial charge in [0.1, 0.15) is 5.82 Å². The molecule has 0 saturated carbocycles. The molecule has 1 aliphatic heterocycles. The van der Waals surface area contributed by atoms with E-state index in [1.54, 1.807) is 0 Å². The van der Waals surface area contributed by atoms with Crippen molar-refractivity contribution in [1.82, 2.24) is 4.57 Å². The molecule has 3 nitrogen and oxygen atoms in total. The summed E-state index contributed by atoms with van der Waals surface area (Å²) in [6.45, 7) is 0. The average molecular weight is 786 g/mol. The molecule has 0 N–H and O–H groups in total. The predicted octanol–water partition coefficient (Wildman–Crippen LogP) is 16.0. The van der Waals surface area contributed by atoms with Crippen molar-refractivity contribution in [3.05, 3.63) is 237 Å². The molecule has 0 saturated heterocycles. The Kier molecular flexibility index (Phi) is 9.10. The Bertz CT molecular complexity index is 2990. The molecule has 0 fully saturated rings. The predicted molar refractivity (Wildman–Crippen MR) is 253 cm³/mol. The van der Waals surface area contributed by atoms with Gasteiger partial charge in [-0.15, -0.1) is 0 Å². The molecule has 0 radical (unpaired) electrons. The normalized spacial score (nSPS) is 11.9. The standard InChI is InChI=1S/C56H39N3S/c1-5-15-40(16-6-1)42-25-32-48(33-26-42)57(49-34-27-43(28-35-49)41-17-7-2-8-18-41)50-36-29-44(30-37-50)45-31-38-51-53(39-45)59(47-21-11-4-12-22-47)56-55(51)60-54-24-14-13-23-52(54)58(56)46-19-9-3-10-20-46/h1-39H. The van der Waals surface area contributed by atoms with Crippen LogP contribution in [0.2, 0.25) is 0 Å². The van der Waals surface area contributed by atoms with Crippen LogP contribution in [0.25, 0.3) is 50.0 Å². The summed E-state index contributed by atoms with van der Waals surface area (Å²) in [6.07, 6.45) is 0. The zero-order valence-corrected chi connectivity index (χ0v) is 33.6. The number of nitrogens with zero attached hydrogens (tertiary/aromatic N) is 3. The summed E-state index contributed by atoms with van der Waals surface area (Å²) in [5.74, 6) is 1.16. The number of hydrogen-bond donors (Lipinski definition) is 0. The molecule has 4 heteroatoms. The molecule has 0 spiro atoms. The van der Waals surface area contributed by atoms with Crippen LogP contribution in [0.15, 0.2) is 246 Å². The van der Waals surface area contributed by atoms with Crippen LogP contribution in [0, 0.1) is 0 Å². The van der Waals surface area contributed by atoms with Crippen molar-refractivity contribution in [1.29, 1.82) is 0 Å². The molecule has 11 rings (SSSR count). The van der Waals surface area contributed by atoms with E-state index in [1.165, 1.54) is 54.2 Å². The molecule has 0 amide bonds. The van der Waals surface area contributed by atoms with Crippen LogP contribution in [-0.2, 0) is 0 Å². The molecule has 0 bridgehead atoms. The number of para-hydroxylation sites is 3. The third-order valence-electron chi connectivity index (χ3n) is 11.4. The van der Waals surface area contributed by atoms with Crippen LogP contribution in [0.1, 0.15) is 0 Å². The van der Waals surface area contributed by atoms with Crippen molar-refractivity contribution in [2.24, 2.45) is 0 Å². The minimum absolute atomic E-state index is 1.09. The second-order valence-electron chi connectivity index (χ2n) is 15.0. The number of hydrogen-bond acceptors (Lipinski definition) is 3. The minimum Gasteiger partial charge on any atom is -0.311 e. The fourth-order valence-electron chi connectivity index (χ4n) is 8.47. The summed E-state index contributed by atoms with van der Waals surface area (Å²) in [5.41, 5.74) is 15.1. The monoisotopic (exact) mass is 785 g/mol. The van der Waals surface area contributed by atoms with Gasteiger partial charge in [-0.05, 0) is 112 Å². The van der Waals surface area contributed by atoms with Gasteiger partial charge in [0.05, 0.1) is 16.1 Å². The quantitative estimate of drug-likeness (QED) is 0.152. The molecule has 1 aromatic heterocycles. The van der Waals surface area contributed by atoms with Crippen molar-refractivity contribution < 1.29 is 0 Å². The van der Waals surface area contributed by atoms with Gasteiger partial charge in [0.25, 0.3) is 0 Å². The Morgan fingerprint density at radius 2 is 0.767 bits per heavy atom. The molecule has 2 heterocycles. The molecule has 9 aromatic carbocycles. The van der Waals surface area contributed by atoms with Crippen LogP contribution in [0.5, 0.6) is 0 Å². The lowest BCUT2D eigenvalue weighted by molar-refractivity contribution is 1.03. The van der Waals surface area contributed by atoms with E-state index >= 15 is 0 Å². The van der Waals surface area contributed by atoms with E-state index in [1.807, 2.05) is 11.8 Å². The van der Waals surface area contributed by atoms with E-state index in [4.69, 9.17) is 0 Å². The average Bonchev–Trinajstić information content (AvgIpc) is 3.65. The first kappa shape index (κ1) is 35.6. The number of rotatable bonds is 8. The van der Waals surface area contributed by atoms with Crippen molar-refractivity contribution in [2.45, 2.75) is 9.79 Å². The first-order valence-electron chi connectivity index (χ1n) is 20.3. The van der Waals surface area contributed by atoms with Gasteiger partial charge in [0.15, 0.2) is 0 Å². The van der Waals surface area contributed by atoms with E-state index in [2.05, 4.69) is 251 Å². The highest BCUT2D eigenvalue weighted by molar-refractivity contribution is 8.00. The fourth-order valence-corrected chi connectivity index (χ4v) is 9.66. The molecular weight excluding hydrogens is 747 g/mol. The smallest absolute Gasteiger partial charge is 0.137 e. The Hall–Kier alpha value is -7.53. The zero-order valence-electron chi connectivity index (χ0n) is 32.8. The van der Waals surface area contributed by atoms with Crippen LogP contribution in [-0.4, -0.2) is 4.57 Å². The minimum atomic E-state index is 1.09. The van der Waals surface area contributed by atoms with E-state index in [-0.39, 0.29) is 0 Å².